The summed E-state index contributed by atoms with van der Waals surface area (Å²) in [7, 11) is 1.29. The summed E-state index contributed by atoms with van der Waals surface area (Å²) in [6, 6.07) is 0. The zero-order valence-corrected chi connectivity index (χ0v) is 9.73. The summed E-state index contributed by atoms with van der Waals surface area (Å²) in [6.45, 7) is 0. The summed E-state index contributed by atoms with van der Waals surface area (Å²) in [4.78, 5) is 22.0. The predicted octanol–water partition coefficient (Wildman–Crippen LogP) is 0.168. The highest BCUT2D eigenvalue weighted by Crippen LogP contribution is 2.24. The molecule has 1 aliphatic rings. The smallest absolute Gasteiger partial charge is 0.306 e. The maximum Gasteiger partial charge on any atom is 0.306 e. The number of amides is 1. The SMILES string of the molecule is COC(=O)CCC(=O)NN1NC=C(S)S1. The van der Waals surface area contributed by atoms with E-state index in [1.54, 1.807) is 6.20 Å². The van der Waals surface area contributed by atoms with Crippen LogP contribution in [0.4, 0.5) is 0 Å². The summed E-state index contributed by atoms with van der Waals surface area (Å²) in [5.74, 6) is -0.669. The van der Waals surface area contributed by atoms with Gasteiger partial charge < -0.3 is 4.74 Å². The third-order valence-electron chi connectivity index (χ3n) is 1.50. The Kier molecular flexibility index (Phi) is 4.79. The summed E-state index contributed by atoms with van der Waals surface area (Å²) in [5, 5.41) is 0. The molecule has 0 atom stereocenters. The number of ether oxygens (including phenoxy) is 1. The number of hydrogen-bond donors (Lipinski definition) is 3. The number of carbonyl (C=O) groups excluding carboxylic acids is 2. The van der Waals surface area contributed by atoms with Crippen molar-refractivity contribution in [3.8, 4) is 0 Å². The summed E-state index contributed by atoms with van der Waals surface area (Å²) in [6.07, 6.45) is 1.80. The van der Waals surface area contributed by atoms with Gasteiger partial charge in [-0.05, 0) is 0 Å². The molecule has 0 saturated heterocycles. The molecule has 2 N–H and O–H groups in total. The molecule has 6 nitrogen and oxygen atoms in total. The molecule has 0 bridgehead atoms. The van der Waals surface area contributed by atoms with Gasteiger partial charge in [0.25, 0.3) is 0 Å². The number of esters is 1. The first-order chi connectivity index (χ1) is 7.11. The molecule has 0 aliphatic carbocycles. The number of carbonyl (C=O) groups is 2. The van der Waals surface area contributed by atoms with Gasteiger partial charge in [-0.2, -0.15) is 0 Å². The second kappa shape index (κ2) is 5.89. The van der Waals surface area contributed by atoms with Crippen LogP contribution in [0.1, 0.15) is 12.8 Å². The Hall–Kier alpha value is -0.860. The highest BCUT2D eigenvalue weighted by molar-refractivity contribution is 8.14. The fraction of sp³-hybridized carbons (Fsp3) is 0.429. The number of nitrogens with zero attached hydrogens (tertiary/aromatic N) is 1. The van der Waals surface area contributed by atoms with Crippen LogP contribution in [-0.2, 0) is 14.3 Å². The fourth-order valence-corrected chi connectivity index (χ4v) is 1.65. The molecular weight excluding hydrogens is 238 g/mol. The quantitative estimate of drug-likeness (QED) is 0.375. The zero-order valence-electron chi connectivity index (χ0n) is 8.02. The lowest BCUT2D eigenvalue weighted by Crippen LogP contribution is -2.41. The Labute approximate surface area is 96.9 Å². The van der Waals surface area contributed by atoms with Crippen LogP contribution in [0.3, 0.4) is 0 Å². The number of thiol groups is 1. The van der Waals surface area contributed by atoms with Crippen molar-refractivity contribution in [1.29, 1.82) is 0 Å². The van der Waals surface area contributed by atoms with Crippen LogP contribution in [0.15, 0.2) is 10.4 Å². The van der Waals surface area contributed by atoms with E-state index in [4.69, 9.17) is 0 Å². The van der Waals surface area contributed by atoms with Crippen molar-refractivity contribution in [1.82, 2.24) is 15.4 Å². The van der Waals surface area contributed by atoms with E-state index in [9.17, 15) is 9.59 Å². The van der Waals surface area contributed by atoms with Crippen molar-refractivity contribution in [2.24, 2.45) is 0 Å². The van der Waals surface area contributed by atoms with Gasteiger partial charge in [0.2, 0.25) is 5.91 Å². The number of methoxy groups -OCH3 is 1. The van der Waals surface area contributed by atoms with E-state index >= 15 is 0 Å². The number of hydrogen-bond acceptors (Lipinski definition) is 7. The molecule has 1 heterocycles. The molecule has 0 spiro atoms. The van der Waals surface area contributed by atoms with E-state index < -0.39 is 5.97 Å². The molecule has 0 radical (unpaired) electrons. The van der Waals surface area contributed by atoms with Crippen LogP contribution in [0.5, 0.6) is 0 Å². The molecule has 15 heavy (non-hydrogen) atoms. The Morgan fingerprint density at radius 1 is 1.67 bits per heavy atom. The average Bonchev–Trinajstić information content (AvgIpc) is 2.60. The average molecular weight is 249 g/mol. The first kappa shape index (κ1) is 12.2. The van der Waals surface area contributed by atoms with Gasteiger partial charge in [0.05, 0.1) is 17.8 Å². The van der Waals surface area contributed by atoms with E-state index in [2.05, 4.69) is 28.2 Å². The van der Waals surface area contributed by atoms with E-state index in [-0.39, 0.29) is 18.7 Å². The topological polar surface area (TPSA) is 70.7 Å². The van der Waals surface area contributed by atoms with Gasteiger partial charge in [0, 0.05) is 24.6 Å². The summed E-state index contributed by atoms with van der Waals surface area (Å²) >= 11 is 5.30. The standard InChI is InChI=1S/C7H11N3O3S2/c1-13-6(12)3-2-5(11)9-10-8-4-7(14)15-10/h4,8,14H,2-3H2,1H3,(H,9,11). The van der Waals surface area contributed by atoms with Gasteiger partial charge >= 0.3 is 5.97 Å². The van der Waals surface area contributed by atoms with E-state index in [0.717, 1.165) is 4.24 Å². The van der Waals surface area contributed by atoms with Crippen LogP contribution in [-0.4, -0.2) is 23.5 Å². The Balaban J connectivity index is 2.17. The molecule has 0 aromatic carbocycles. The minimum atomic E-state index is -0.403. The molecule has 1 aliphatic heterocycles. The molecular formula is C7H11N3O3S2. The highest BCUT2D eigenvalue weighted by atomic mass is 32.2. The zero-order chi connectivity index (χ0) is 11.3. The third-order valence-corrected chi connectivity index (χ3v) is 2.56. The van der Waals surface area contributed by atoms with E-state index in [0.29, 0.717) is 0 Å². The van der Waals surface area contributed by atoms with Crippen LogP contribution in [0, 0.1) is 0 Å². The fourth-order valence-electron chi connectivity index (χ4n) is 0.802. The van der Waals surface area contributed by atoms with Gasteiger partial charge in [-0.15, -0.1) is 12.6 Å². The van der Waals surface area contributed by atoms with Crippen molar-refractivity contribution < 1.29 is 14.3 Å². The van der Waals surface area contributed by atoms with E-state index in [1.165, 1.54) is 23.6 Å². The Morgan fingerprint density at radius 2 is 2.40 bits per heavy atom. The summed E-state index contributed by atoms with van der Waals surface area (Å²) < 4.78 is 6.56. The minimum Gasteiger partial charge on any atom is -0.469 e. The number of nitrogens with one attached hydrogen (secondary N) is 2. The molecule has 0 saturated carbocycles. The molecule has 0 fully saturated rings. The lowest BCUT2D eigenvalue weighted by molar-refractivity contribution is -0.142. The largest absolute Gasteiger partial charge is 0.469 e. The molecule has 1 rings (SSSR count). The maximum absolute atomic E-state index is 11.3. The molecule has 1 amide bonds. The molecule has 0 aromatic heterocycles. The predicted molar refractivity (Wildman–Crippen MR) is 59.0 cm³/mol. The molecule has 0 unspecified atom stereocenters. The lowest BCUT2D eigenvalue weighted by Gasteiger charge is -2.14. The third kappa shape index (κ3) is 4.45. The molecule has 8 heteroatoms. The second-order valence-electron chi connectivity index (χ2n) is 2.61. The van der Waals surface area contributed by atoms with Crippen LogP contribution in [0.2, 0.25) is 0 Å². The first-order valence-corrected chi connectivity index (χ1v) is 5.33. The monoisotopic (exact) mass is 249 g/mol. The van der Waals surface area contributed by atoms with Crippen LogP contribution < -0.4 is 10.9 Å². The first-order valence-electron chi connectivity index (χ1n) is 4.11. The lowest BCUT2D eigenvalue weighted by atomic mass is 10.3. The Bertz CT molecular complexity index is 295. The van der Waals surface area contributed by atoms with Gasteiger partial charge in [-0.3, -0.25) is 20.4 Å². The van der Waals surface area contributed by atoms with Gasteiger partial charge in [0.1, 0.15) is 0 Å². The van der Waals surface area contributed by atoms with Crippen LogP contribution in [0.25, 0.3) is 0 Å². The van der Waals surface area contributed by atoms with Gasteiger partial charge in [-0.25, -0.2) is 0 Å². The second-order valence-corrected chi connectivity index (χ2v) is 4.38. The van der Waals surface area contributed by atoms with Crippen LogP contribution >= 0.6 is 24.6 Å². The highest BCUT2D eigenvalue weighted by Gasteiger charge is 2.15. The number of rotatable bonds is 4. The van der Waals surface area contributed by atoms with Crippen molar-refractivity contribution in [3.63, 3.8) is 0 Å². The molecule has 0 aromatic rings. The maximum atomic E-state index is 11.3. The van der Waals surface area contributed by atoms with Crippen molar-refractivity contribution in [2.45, 2.75) is 12.8 Å². The molecule has 84 valence electrons. The van der Waals surface area contributed by atoms with Gasteiger partial charge in [0.15, 0.2) is 0 Å². The van der Waals surface area contributed by atoms with Crippen molar-refractivity contribution in [3.05, 3.63) is 10.4 Å². The normalized spacial score (nSPS) is 15.5. The number of hydrazine groups is 2. The minimum absolute atomic E-state index is 0.0714. The Morgan fingerprint density at radius 3 is 2.93 bits per heavy atom. The van der Waals surface area contributed by atoms with E-state index in [1.807, 2.05) is 0 Å². The van der Waals surface area contributed by atoms with Gasteiger partial charge in [-0.1, -0.05) is 4.52 Å². The van der Waals surface area contributed by atoms with Crippen molar-refractivity contribution >= 4 is 36.5 Å². The van der Waals surface area contributed by atoms with Crippen molar-refractivity contribution in [2.75, 3.05) is 7.11 Å². The summed E-state index contributed by atoms with van der Waals surface area (Å²) in [5.41, 5.74) is 5.27.